The third kappa shape index (κ3) is 4.37. The third-order valence-corrected chi connectivity index (χ3v) is 4.56. The van der Waals surface area contributed by atoms with E-state index in [0.29, 0.717) is 22.0 Å². The van der Waals surface area contributed by atoms with Gasteiger partial charge in [-0.05, 0) is 37.3 Å². The highest BCUT2D eigenvalue weighted by atomic mass is 35.5. The van der Waals surface area contributed by atoms with Crippen LogP contribution in [0.4, 0.5) is 10.1 Å². The van der Waals surface area contributed by atoms with Crippen LogP contribution in [0, 0.1) is 12.7 Å². The Morgan fingerprint density at radius 1 is 1.36 bits per heavy atom. The summed E-state index contributed by atoms with van der Waals surface area (Å²) in [5, 5.41) is 7.12. The first-order valence-corrected chi connectivity index (χ1v) is 8.65. The van der Waals surface area contributed by atoms with Crippen molar-refractivity contribution in [3.63, 3.8) is 0 Å². The lowest BCUT2D eigenvalue weighted by Crippen LogP contribution is -2.13. The maximum absolute atomic E-state index is 13.2. The molecule has 8 heteroatoms. The van der Waals surface area contributed by atoms with Crippen LogP contribution in [0.2, 0.25) is 5.02 Å². The van der Waals surface area contributed by atoms with Crippen LogP contribution in [0.5, 0.6) is 0 Å². The summed E-state index contributed by atoms with van der Waals surface area (Å²) in [4.78, 5) is 16.8. The minimum absolute atomic E-state index is 0.0556. The van der Waals surface area contributed by atoms with E-state index in [9.17, 15) is 9.18 Å². The molecule has 0 saturated carbocycles. The molecule has 1 amide bonds. The van der Waals surface area contributed by atoms with E-state index in [-0.39, 0.29) is 10.9 Å². The van der Waals surface area contributed by atoms with Crippen molar-refractivity contribution in [2.24, 2.45) is 0 Å². The van der Waals surface area contributed by atoms with Crippen LogP contribution in [-0.2, 0) is 5.75 Å². The molecule has 2 heterocycles. The number of pyridine rings is 1. The van der Waals surface area contributed by atoms with E-state index in [0.717, 1.165) is 11.5 Å². The van der Waals surface area contributed by atoms with E-state index < -0.39 is 5.82 Å². The second kappa shape index (κ2) is 7.67. The first-order valence-electron chi connectivity index (χ1n) is 7.29. The maximum atomic E-state index is 13.2. The monoisotopic (exact) mass is 377 g/mol. The summed E-state index contributed by atoms with van der Waals surface area (Å²) < 4.78 is 18.2. The van der Waals surface area contributed by atoms with E-state index >= 15 is 0 Å². The molecule has 0 aliphatic heterocycles. The highest BCUT2D eigenvalue weighted by Crippen LogP contribution is 2.25. The number of carbonyl (C=O) groups excluding carboxylic acids is 1. The number of nitrogens with one attached hydrogen (secondary N) is 1. The van der Waals surface area contributed by atoms with Crippen molar-refractivity contribution in [3.05, 3.63) is 70.5 Å². The fourth-order valence-electron chi connectivity index (χ4n) is 2.08. The molecule has 0 spiro atoms. The van der Waals surface area contributed by atoms with Crippen LogP contribution in [0.3, 0.4) is 0 Å². The summed E-state index contributed by atoms with van der Waals surface area (Å²) >= 11 is 7.11. The maximum Gasteiger partial charge on any atom is 0.258 e. The average molecular weight is 378 g/mol. The lowest BCUT2D eigenvalue weighted by atomic mass is 10.2. The molecular formula is C17H13ClFN3O2S. The van der Waals surface area contributed by atoms with E-state index in [1.165, 1.54) is 30.0 Å². The molecule has 1 aromatic carbocycles. The molecule has 0 bridgehead atoms. The lowest BCUT2D eigenvalue weighted by Gasteiger charge is -2.09. The standard InChI is InChI=1S/C17H13ClFN3O2S/c1-10-7-12(22-24-10)9-25-17-13(3-2-6-20-17)16(23)21-11-4-5-15(19)14(18)8-11/h2-8H,9H2,1H3,(H,21,23). The Labute approximate surface area is 152 Å². The summed E-state index contributed by atoms with van der Waals surface area (Å²) in [7, 11) is 0. The molecule has 0 radical (unpaired) electrons. The second-order valence-electron chi connectivity index (χ2n) is 5.16. The van der Waals surface area contributed by atoms with Gasteiger partial charge in [-0.2, -0.15) is 0 Å². The van der Waals surface area contributed by atoms with Crippen LogP contribution in [-0.4, -0.2) is 16.0 Å². The van der Waals surface area contributed by atoms with Crippen LogP contribution in [0.25, 0.3) is 0 Å². The molecule has 0 fully saturated rings. The molecular weight excluding hydrogens is 365 g/mol. The van der Waals surface area contributed by atoms with Crippen molar-refractivity contribution in [2.75, 3.05) is 5.32 Å². The van der Waals surface area contributed by atoms with E-state index in [1.807, 2.05) is 13.0 Å². The van der Waals surface area contributed by atoms with Crippen molar-refractivity contribution in [2.45, 2.75) is 17.7 Å². The second-order valence-corrected chi connectivity index (χ2v) is 6.53. The molecule has 0 aliphatic rings. The number of carbonyl (C=O) groups is 1. The van der Waals surface area contributed by atoms with E-state index in [4.69, 9.17) is 16.1 Å². The largest absolute Gasteiger partial charge is 0.361 e. The Kier molecular flexibility index (Phi) is 5.35. The highest BCUT2D eigenvalue weighted by molar-refractivity contribution is 7.98. The van der Waals surface area contributed by atoms with Gasteiger partial charge in [0.15, 0.2) is 0 Å². The van der Waals surface area contributed by atoms with Crippen molar-refractivity contribution >= 4 is 35.0 Å². The molecule has 3 rings (SSSR count). The molecule has 2 aromatic heterocycles. The normalized spacial score (nSPS) is 10.7. The SMILES string of the molecule is Cc1cc(CSc2ncccc2C(=O)Nc2ccc(F)c(Cl)c2)no1. The number of aryl methyl sites for hydroxylation is 1. The van der Waals surface area contributed by atoms with Gasteiger partial charge < -0.3 is 9.84 Å². The van der Waals surface area contributed by atoms with Gasteiger partial charge in [0.1, 0.15) is 16.6 Å². The number of hydrogen-bond acceptors (Lipinski definition) is 5. The number of rotatable bonds is 5. The summed E-state index contributed by atoms with van der Waals surface area (Å²) in [5.74, 6) is 0.356. The van der Waals surface area contributed by atoms with Gasteiger partial charge in [0.25, 0.3) is 5.91 Å². The zero-order valence-corrected chi connectivity index (χ0v) is 14.7. The van der Waals surface area contributed by atoms with E-state index in [2.05, 4.69) is 15.5 Å². The van der Waals surface area contributed by atoms with Gasteiger partial charge >= 0.3 is 0 Å². The van der Waals surface area contributed by atoms with E-state index in [1.54, 1.807) is 18.3 Å². The Bertz CT molecular complexity index is 916. The van der Waals surface area contributed by atoms with Gasteiger partial charge in [-0.1, -0.05) is 28.5 Å². The first-order chi connectivity index (χ1) is 12.0. The van der Waals surface area contributed by atoms with Crippen molar-refractivity contribution in [3.8, 4) is 0 Å². The molecule has 0 saturated heterocycles. The summed E-state index contributed by atoms with van der Waals surface area (Å²) in [5.41, 5.74) is 1.58. The molecule has 1 N–H and O–H groups in total. The van der Waals surface area contributed by atoms with Crippen LogP contribution < -0.4 is 5.32 Å². The van der Waals surface area contributed by atoms with Crippen molar-refractivity contribution < 1.29 is 13.7 Å². The number of thioether (sulfide) groups is 1. The quantitative estimate of drug-likeness (QED) is 0.652. The van der Waals surface area contributed by atoms with Gasteiger partial charge in [0.05, 0.1) is 16.3 Å². The Hall–Kier alpha value is -2.38. The molecule has 5 nitrogen and oxygen atoms in total. The number of nitrogens with zero attached hydrogens (tertiary/aromatic N) is 2. The summed E-state index contributed by atoms with van der Waals surface area (Å²) in [6, 6.07) is 9.18. The highest BCUT2D eigenvalue weighted by Gasteiger charge is 2.14. The molecule has 0 aliphatic carbocycles. The number of amides is 1. The number of anilines is 1. The third-order valence-electron chi connectivity index (χ3n) is 3.23. The Balaban J connectivity index is 1.74. The lowest BCUT2D eigenvalue weighted by molar-refractivity contribution is 0.102. The van der Waals surface area contributed by atoms with Crippen LogP contribution in [0.1, 0.15) is 21.8 Å². The minimum atomic E-state index is -0.541. The predicted molar refractivity (Wildman–Crippen MR) is 94.4 cm³/mol. The van der Waals surface area contributed by atoms with Crippen LogP contribution >= 0.6 is 23.4 Å². The molecule has 3 aromatic rings. The first kappa shape index (κ1) is 17.4. The summed E-state index contributed by atoms with van der Waals surface area (Å²) in [6.07, 6.45) is 1.61. The fourth-order valence-corrected chi connectivity index (χ4v) is 3.13. The zero-order valence-electron chi connectivity index (χ0n) is 13.1. The van der Waals surface area contributed by atoms with Crippen LogP contribution in [0.15, 0.2) is 52.1 Å². The number of halogens is 2. The minimum Gasteiger partial charge on any atom is -0.361 e. The van der Waals surface area contributed by atoms with Crippen molar-refractivity contribution in [1.82, 2.24) is 10.1 Å². The van der Waals surface area contributed by atoms with Gasteiger partial charge in [-0.15, -0.1) is 0 Å². The summed E-state index contributed by atoms with van der Waals surface area (Å²) in [6.45, 7) is 1.81. The van der Waals surface area contributed by atoms with Gasteiger partial charge in [0, 0.05) is 23.7 Å². The molecule has 25 heavy (non-hydrogen) atoms. The number of hydrogen-bond donors (Lipinski definition) is 1. The smallest absolute Gasteiger partial charge is 0.258 e. The Morgan fingerprint density at radius 2 is 2.20 bits per heavy atom. The van der Waals surface area contributed by atoms with Gasteiger partial charge in [-0.25, -0.2) is 9.37 Å². The Morgan fingerprint density at radius 3 is 2.92 bits per heavy atom. The number of aromatic nitrogens is 2. The molecule has 0 atom stereocenters. The van der Waals surface area contributed by atoms with Gasteiger partial charge in [-0.3, -0.25) is 4.79 Å². The molecule has 128 valence electrons. The van der Waals surface area contributed by atoms with Crippen molar-refractivity contribution in [1.29, 1.82) is 0 Å². The fraction of sp³-hybridized carbons (Fsp3) is 0.118. The predicted octanol–water partition coefficient (Wildman–Crippen LogP) is 4.72. The zero-order chi connectivity index (χ0) is 17.8. The van der Waals surface area contributed by atoms with Gasteiger partial charge in [0.2, 0.25) is 0 Å². The average Bonchev–Trinajstić information content (AvgIpc) is 3.02. The number of benzene rings is 1. The molecule has 0 unspecified atom stereocenters. The topological polar surface area (TPSA) is 68.0 Å².